The Morgan fingerprint density at radius 1 is 1.44 bits per heavy atom. The van der Waals surface area contributed by atoms with Crippen LogP contribution in [0.1, 0.15) is 23.2 Å². The Kier molecular flexibility index (Phi) is 7.28. The van der Waals surface area contributed by atoms with E-state index in [9.17, 15) is 19.6 Å². The maximum Gasteiger partial charge on any atom is 0.469 e. The van der Waals surface area contributed by atoms with Gasteiger partial charge in [-0.1, -0.05) is 0 Å². The molecule has 1 atom stereocenters. The van der Waals surface area contributed by atoms with Gasteiger partial charge in [-0.3, -0.25) is 14.3 Å². The molecule has 0 aliphatic heterocycles. The maximum absolute atomic E-state index is 10.8. The van der Waals surface area contributed by atoms with Gasteiger partial charge in [0.25, 0.3) is 0 Å². The molecule has 7 N–H and O–H groups in total. The average Bonchev–Trinajstić information content (AvgIpc) is 2.51. The molecule has 1 rings (SSSR count). The SMILES string of the molecule is Cc1ncc(COP(=O)(O)O)c(/C=C/C(O)=C/C[C@H](N)C(=O)O)c1O. The van der Waals surface area contributed by atoms with Gasteiger partial charge in [-0.15, -0.1) is 0 Å². The topological polar surface area (TPSA) is 183 Å². The highest BCUT2D eigenvalue weighted by molar-refractivity contribution is 7.46. The monoisotopic (exact) mass is 374 g/mol. The molecule has 0 unspecified atom stereocenters. The van der Waals surface area contributed by atoms with Crippen LogP contribution >= 0.6 is 7.82 Å². The molecule has 0 radical (unpaired) electrons. The lowest BCUT2D eigenvalue weighted by Gasteiger charge is -2.11. The standard InChI is InChI=1S/C14H19N2O8P/c1-8-13(18)11(9(6-16-8)7-24-25(21,22)23)4-2-10(17)3-5-12(15)14(19)20/h2-4,6,12,17-18H,5,7,15H2,1H3,(H,19,20)(H2,21,22,23)/b4-2+,10-3-/t12-/m0/s1. The van der Waals surface area contributed by atoms with Crippen molar-refractivity contribution in [3.05, 3.63) is 40.9 Å². The van der Waals surface area contributed by atoms with Crippen molar-refractivity contribution in [2.75, 3.05) is 0 Å². The third kappa shape index (κ3) is 7.04. The predicted molar refractivity (Wildman–Crippen MR) is 87.4 cm³/mol. The molecule has 1 heterocycles. The number of aliphatic carboxylic acids is 1. The number of phosphoric ester groups is 1. The number of carboxylic acid groups (broad SMARTS) is 1. The van der Waals surface area contributed by atoms with E-state index in [-0.39, 0.29) is 34.8 Å². The van der Waals surface area contributed by atoms with Crippen molar-refractivity contribution >= 4 is 19.9 Å². The van der Waals surface area contributed by atoms with Gasteiger partial charge in [-0.05, 0) is 31.6 Å². The van der Waals surface area contributed by atoms with E-state index in [4.69, 9.17) is 20.6 Å². The van der Waals surface area contributed by atoms with E-state index in [1.54, 1.807) is 0 Å². The minimum atomic E-state index is -4.71. The number of nitrogens with two attached hydrogens (primary N) is 1. The molecule has 0 spiro atoms. The van der Waals surface area contributed by atoms with Crippen LogP contribution < -0.4 is 5.73 Å². The van der Waals surface area contributed by atoms with Crippen molar-refractivity contribution in [3.63, 3.8) is 0 Å². The van der Waals surface area contributed by atoms with Gasteiger partial charge in [-0.2, -0.15) is 0 Å². The molecule has 25 heavy (non-hydrogen) atoms. The second-order valence-electron chi connectivity index (χ2n) is 5.04. The van der Waals surface area contributed by atoms with Crippen molar-refractivity contribution in [3.8, 4) is 5.75 Å². The van der Waals surface area contributed by atoms with Gasteiger partial charge in [0.05, 0.1) is 12.3 Å². The molecular weight excluding hydrogens is 355 g/mol. The predicted octanol–water partition coefficient (Wildman–Crippen LogP) is 0.962. The number of hydrogen-bond acceptors (Lipinski definition) is 7. The van der Waals surface area contributed by atoms with Gasteiger partial charge >= 0.3 is 13.8 Å². The number of aryl methyl sites for hydroxylation is 1. The van der Waals surface area contributed by atoms with Crippen molar-refractivity contribution in [1.82, 2.24) is 4.98 Å². The molecule has 0 bridgehead atoms. The van der Waals surface area contributed by atoms with E-state index in [1.165, 1.54) is 31.3 Å². The Labute approximate surface area is 143 Å². The molecule has 10 nitrogen and oxygen atoms in total. The number of pyridine rings is 1. The number of carboxylic acids is 1. The second kappa shape index (κ2) is 8.75. The number of phosphoric acid groups is 1. The number of aliphatic hydroxyl groups excluding tert-OH is 1. The average molecular weight is 374 g/mol. The van der Waals surface area contributed by atoms with Crippen LogP contribution in [-0.2, 0) is 20.5 Å². The third-order valence-electron chi connectivity index (χ3n) is 3.06. The molecular formula is C14H19N2O8P. The van der Waals surface area contributed by atoms with Gasteiger partial charge in [0, 0.05) is 17.3 Å². The highest BCUT2D eigenvalue weighted by Gasteiger charge is 2.17. The lowest BCUT2D eigenvalue weighted by Crippen LogP contribution is -2.29. The first-order valence-corrected chi connectivity index (χ1v) is 8.47. The van der Waals surface area contributed by atoms with Crippen LogP contribution in [0.2, 0.25) is 0 Å². The Hall–Kier alpha value is -2.23. The van der Waals surface area contributed by atoms with Crippen molar-refractivity contribution < 1.29 is 39.0 Å². The fourth-order valence-corrected chi connectivity index (χ4v) is 2.00. The van der Waals surface area contributed by atoms with E-state index in [1.807, 2.05) is 0 Å². The summed E-state index contributed by atoms with van der Waals surface area (Å²) in [6.45, 7) is 1.00. The molecule has 0 aliphatic rings. The lowest BCUT2D eigenvalue weighted by molar-refractivity contribution is -0.138. The summed E-state index contributed by atoms with van der Waals surface area (Å²) in [6, 6.07) is -1.17. The minimum absolute atomic E-state index is 0.110. The zero-order valence-corrected chi connectivity index (χ0v) is 14.1. The normalized spacial score (nSPS) is 14.0. The Bertz CT molecular complexity index is 741. The lowest BCUT2D eigenvalue weighted by atomic mass is 10.1. The molecule has 0 aromatic carbocycles. The number of allylic oxidation sites excluding steroid dienone is 1. The summed E-state index contributed by atoms with van der Waals surface area (Å²) in [5.74, 6) is -1.77. The Morgan fingerprint density at radius 3 is 2.64 bits per heavy atom. The highest BCUT2D eigenvalue weighted by atomic mass is 31.2. The molecule has 0 saturated heterocycles. The van der Waals surface area contributed by atoms with E-state index < -0.39 is 26.4 Å². The number of aromatic hydroxyl groups is 1. The summed E-state index contributed by atoms with van der Waals surface area (Å²) in [5.41, 5.74) is 5.88. The zero-order chi connectivity index (χ0) is 19.2. The molecule has 0 amide bonds. The van der Waals surface area contributed by atoms with E-state index in [0.29, 0.717) is 0 Å². The summed E-state index contributed by atoms with van der Waals surface area (Å²) in [4.78, 5) is 32.0. The minimum Gasteiger partial charge on any atom is -0.508 e. The smallest absolute Gasteiger partial charge is 0.469 e. The molecule has 0 fully saturated rings. The number of aliphatic hydroxyl groups is 1. The van der Waals surface area contributed by atoms with Crippen LogP contribution in [0.25, 0.3) is 6.08 Å². The van der Waals surface area contributed by atoms with Gasteiger partial charge in [-0.25, -0.2) is 4.57 Å². The Balaban J connectivity index is 3.02. The first-order valence-electron chi connectivity index (χ1n) is 6.94. The molecule has 138 valence electrons. The molecule has 1 aromatic rings. The summed E-state index contributed by atoms with van der Waals surface area (Å²) in [5, 5.41) is 28.4. The highest BCUT2D eigenvalue weighted by Crippen LogP contribution is 2.38. The summed E-state index contributed by atoms with van der Waals surface area (Å²) in [6.07, 6.45) is 4.79. The molecule has 0 aliphatic carbocycles. The molecule has 0 saturated carbocycles. The van der Waals surface area contributed by atoms with Gasteiger partial charge in [0.1, 0.15) is 17.6 Å². The van der Waals surface area contributed by atoms with Crippen molar-refractivity contribution in [2.45, 2.75) is 26.0 Å². The number of carbonyl (C=O) groups is 1. The quantitative estimate of drug-likeness (QED) is 0.218. The van der Waals surface area contributed by atoms with Gasteiger partial charge in [0.2, 0.25) is 0 Å². The van der Waals surface area contributed by atoms with Crippen LogP contribution in [0.15, 0.2) is 24.1 Å². The van der Waals surface area contributed by atoms with Crippen LogP contribution in [0.3, 0.4) is 0 Å². The summed E-state index contributed by atoms with van der Waals surface area (Å²) in [7, 11) is -4.71. The maximum atomic E-state index is 10.8. The summed E-state index contributed by atoms with van der Waals surface area (Å²) >= 11 is 0. The van der Waals surface area contributed by atoms with Gasteiger partial charge in [0.15, 0.2) is 0 Å². The van der Waals surface area contributed by atoms with Gasteiger partial charge < -0.3 is 30.8 Å². The summed E-state index contributed by atoms with van der Waals surface area (Å²) < 4.78 is 15.2. The third-order valence-corrected chi connectivity index (χ3v) is 3.53. The van der Waals surface area contributed by atoms with E-state index in [2.05, 4.69) is 9.51 Å². The van der Waals surface area contributed by atoms with E-state index in [0.717, 1.165) is 0 Å². The Morgan fingerprint density at radius 2 is 2.08 bits per heavy atom. The number of rotatable bonds is 8. The van der Waals surface area contributed by atoms with Crippen LogP contribution in [0.4, 0.5) is 0 Å². The van der Waals surface area contributed by atoms with Crippen LogP contribution in [0.5, 0.6) is 5.75 Å². The first-order chi connectivity index (χ1) is 11.5. The van der Waals surface area contributed by atoms with Crippen LogP contribution in [-0.4, -0.2) is 42.1 Å². The molecule has 1 aromatic heterocycles. The van der Waals surface area contributed by atoms with E-state index >= 15 is 0 Å². The van der Waals surface area contributed by atoms with Crippen LogP contribution in [0, 0.1) is 6.92 Å². The fraction of sp³-hybridized carbons (Fsp3) is 0.286. The second-order valence-corrected chi connectivity index (χ2v) is 6.28. The largest absolute Gasteiger partial charge is 0.508 e. The zero-order valence-electron chi connectivity index (χ0n) is 13.2. The first kappa shape index (κ1) is 20.8. The number of aromatic nitrogens is 1. The number of nitrogens with zero attached hydrogens (tertiary/aromatic N) is 1. The number of hydrogen-bond donors (Lipinski definition) is 6. The molecule has 11 heteroatoms. The fourth-order valence-electron chi connectivity index (χ4n) is 1.69. The van der Waals surface area contributed by atoms with Crippen molar-refractivity contribution in [1.29, 1.82) is 0 Å². The van der Waals surface area contributed by atoms with Crippen molar-refractivity contribution in [2.24, 2.45) is 5.73 Å².